The molecule has 1 aliphatic carbocycles. The predicted octanol–water partition coefficient (Wildman–Crippen LogP) is 3.58. The minimum absolute atomic E-state index is 0.293. The van der Waals surface area contributed by atoms with Crippen LogP contribution in [0.4, 0.5) is 0 Å². The normalized spacial score (nSPS) is 17.8. The van der Waals surface area contributed by atoms with Gasteiger partial charge in [0.25, 0.3) is 0 Å². The third kappa shape index (κ3) is 2.13. The Bertz CT molecular complexity index is 373. The van der Waals surface area contributed by atoms with Gasteiger partial charge in [-0.25, -0.2) is 0 Å². The molecule has 2 rings (SSSR count). The molecule has 0 amide bonds. The molecule has 14 heavy (non-hydrogen) atoms. The van der Waals surface area contributed by atoms with Gasteiger partial charge in [0.15, 0.2) is 5.78 Å². The molecule has 0 saturated heterocycles. The second kappa shape index (κ2) is 4.09. The number of carbonyl (C=O) groups excluding carboxylic acids is 1. The Morgan fingerprint density at radius 2 is 2.07 bits per heavy atom. The predicted molar refractivity (Wildman–Crippen MR) is 60.5 cm³/mol. The maximum Gasteiger partial charge on any atom is 0.155 e. The SMILES string of the molecule is Cc1cc(C2=CC(=O)CCCC2)cs1. The molecule has 0 aliphatic heterocycles. The Kier molecular flexibility index (Phi) is 2.82. The Morgan fingerprint density at radius 1 is 1.29 bits per heavy atom. The third-order valence-electron chi connectivity index (χ3n) is 2.56. The maximum absolute atomic E-state index is 11.4. The summed E-state index contributed by atoms with van der Waals surface area (Å²) in [7, 11) is 0. The van der Waals surface area contributed by atoms with Crippen LogP contribution in [0.15, 0.2) is 17.5 Å². The maximum atomic E-state index is 11.4. The zero-order valence-electron chi connectivity index (χ0n) is 8.38. The largest absolute Gasteiger partial charge is 0.295 e. The molecular formula is C12H14OS. The Hall–Kier alpha value is -0.890. The van der Waals surface area contributed by atoms with E-state index in [0.717, 1.165) is 25.7 Å². The highest BCUT2D eigenvalue weighted by molar-refractivity contribution is 7.10. The van der Waals surface area contributed by atoms with Crippen LogP contribution < -0.4 is 0 Å². The standard InChI is InChI=1S/C12H14OS/c1-9-6-11(8-14-9)10-4-2-3-5-12(13)7-10/h6-8H,2-5H2,1H3. The zero-order chi connectivity index (χ0) is 9.97. The Balaban J connectivity index is 2.28. The summed E-state index contributed by atoms with van der Waals surface area (Å²) in [6.45, 7) is 2.10. The number of aryl methyl sites for hydroxylation is 1. The van der Waals surface area contributed by atoms with Gasteiger partial charge in [0.2, 0.25) is 0 Å². The molecule has 0 unspecified atom stereocenters. The van der Waals surface area contributed by atoms with Gasteiger partial charge in [-0.15, -0.1) is 11.3 Å². The van der Waals surface area contributed by atoms with Crippen molar-refractivity contribution in [3.05, 3.63) is 28.0 Å². The minimum atomic E-state index is 0.293. The molecule has 1 aromatic heterocycles. The first-order chi connectivity index (χ1) is 6.75. The highest BCUT2D eigenvalue weighted by atomic mass is 32.1. The molecule has 2 heteroatoms. The molecular weight excluding hydrogens is 192 g/mol. The highest BCUT2D eigenvalue weighted by Crippen LogP contribution is 2.27. The van der Waals surface area contributed by atoms with Crippen LogP contribution in [0.5, 0.6) is 0 Å². The quantitative estimate of drug-likeness (QED) is 0.686. The van der Waals surface area contributed by atoms with Crippen LogP contribution in [-0.4, -0.2) is 5.78 Å². The van der Waals surface area contributed by atoms with E-state index in [9.17, 15) is 4.79 Å². The van der Waals surface area contributed by atoms with Crippen molar-refractivity contribution in [3.8, 4) is 0 Å². The van der Waals surface area contributed by atoms with Crippen molar-refractivity contribution in [3.63, 3.8) is 0 Å². The van der Waals surface area contributed by atoms with E-state index in [0.29, 0.717) is 5.78 Å². The van der Waals surface area contributed by atoms with Crippen LogP contribution in [0.3, 0.4) is 0 Å². The van der Waals surface area contributed by atoms with Crippen LogP contribution in [0, 0.1) is 6.92 Å². The average molecular weight is 206 g/mol. The fourth-order valence-corrected chi connectivity index (χ4v) is 2.52. The number of hydrogen-bond acceptors (Lipinski definition) is 2. The van der Waals surface area contributed by atoms with Crippen LogP contribution in [0.1, 0.15) is 36.1 Å². The molecule has 1 nitrogen and oxygen atoms in total. The second-order valence-corrected chi connectivity index (χ2v) is 4.90. The summed E-state index contributed by atoms with van der Waals surface area (Å²) < 4.78 is 0. The summed E-state index contributed by atoms with van der Waals surface area (Å²) in [6.07, 6.45) is 5.82. The van der Waals surface area contributed by atoms with Gasteiger partial charge >= 0.3 is 0 Å². The second-order valence-electron chi connectivity index (χ2n) is 3.79. The first-order valence-corrected chi connectivity index (χ1v) is 5.92. The van der Waals surface area contributed by atoms with Gasteiger partial charge < -0.3 is 0 Å². The molecule has 0 aromatic carbocycles. The molecule has 0 spiro atoms. The van der Waals surface area contributed by atoms with E-state index in [-0.39, 0.29) is 0 Å². The van der Waals surface area contributed by atoms with E-state index in [2.05, 4.69) is 18.4 Å². The summed E-state index contributed by atoms with van der Waals surface area (Å²) in [6, 6.07) is 2.18. The molecule has 1 heterocycles. The number of allylic oxidation sites excluding steroid dienone is 2. The van der Waals surface area contributed by atoms with Crippen molar-refractivity contribution in [2.24, 2.45) is 0 Å². The van der Waals surface area contributed by atoms with Crippen LogP contribution in [0.2, 0.25) is 0 Å². The van der Waals surface area contributed by atoms with Gasteiger partial charge in [-0.2, -0.15) is 0 Å². The number of rotatable bonds is 1. The van der Waals surface area contributed by atoms with Gasteiger partial charge in [-0.1, -0.05) is 0 Å². The van der Waals surface area contributed by atoms with E-state index in [1.54, 1.807) is 11.3 Å². The molecule has 0 saturated carbocycles. The van der Waals surface area contributed by atoms with E-state index in [1.165, 1.54) is 16.0 Å². The zero-order valence-corrected chi connectivity index (χ0v) is 9.19. The van der Waals surface area contributed by atoms with Crippen LogP contribution >= 0.6 is 11.3 Å². The average Bonchev–Trinajstić information content (AvgIpc) is 2.45. The van der Waals surface area contributed by atoms with E-state index in [1.807, 2.05) is 6.08 Å². The summed E-state index contributed by atoms with van der Waals surface area (Å²) in [5, 5.41) is 2.15. The Morgan fingerprint density at radius 3 is 2.79 bits per heavy atom. The molecule has 0 atom stereocenters. The summed E-state index contributed by atoms with van der Waals surface area (Å²) >= 11 is 1.75. The topological polar surface area (TPSA) is 17.1 Å². The van der Waals surface area contributed by atoms with E-state index in [4.69, 9.17) is 0 Å². The highest BCUT2D eigenvalue weighted by Gasteiger charge is 2.10. The third-order valence-corrected chi connectivity index (χ3v) is 3.42. The monoisotopic (exact) mass is 206 g/mol. The number of thiophene rings is 1. The fourth-order valence-electron chi connectivity index (χ4n) is 1.79. The number of carbonyl (C=O) groups is 1. The smallest absolute Gasteiger partial charge is 0.155 e. The van der Waals surface area contributed by atoms with Crippen molar-refractivity contribution in [1.29, 1.82) is 0 Å². The first kappa shape index (κ1) is 9.66. The van der Waals surface area contributed by atoms with Crippen molar-refractivity contribution in [2.45, 2.75) is 32.6 Å². The molecule has 0 bridgehead atoms. The van der Waals surface area contributed by atoms with Gasteiger partial charge in [0.1, 0.15) is 0 Å². The van der Waals surface area contributed by atoms with Crippen molar-refractivity contribution < 1.29 is 4.79 Å². The van der Waals surface area contributed by atoms with Crippen molar-refractivity contribution in [1.82, 2.24) is 0 Å². The molecule has 1 aliphatic rings. The van der Waals surface area contributed by atoms with E-state index < -0.39 is 0 Å². The van der Waals surface area contributed by atoms with Crippen molar-refractivity contribution >= 4 is 22.7 Å². The van der Waals surface area contributed by atoms with Gasteiger partial charge in [0, 0.05) is 11.3 Å². The summed E-state index contributed by atoms with van der Waals surface area (Å²) in [5.74, 6) is 0.293. The summed E-state index contributed by atoms with van der Waals surface area (Å²) in [5.41, 5.74) is 2.49. The summed E-state index contributed by atoms with van der Waals surface area (Å²) in [4.78, 5) is 12.7. The molecule has 1 aromatic rings. The lowest BCUT2D eigenvalue weighted by atomic mass is 10.0. The van der Waals surface area contributed by atoms with Gasteiger partial charge in [0.05, 0.1) is 0 Å². The van der Waals surface area contributed by atoms with Crippen LogP contribution in [-0.2, 0) is 4.79 Å². The van der Waals surface area contributed by atoms with E-state index >= 15 is 0 Å². The lowest BCUT2D eigenvalue weighted by molar-refractivity contribution is -0.114. The first-order valence-electron chi connectivity index (χ1n) is 5.04. The molecule has 74 valence electrons. The number of ketones is 1. The van der Waals surface area contributed by atoms with Crippen LogP contribution in [0.25, 0.3) is 5.57 Å². The molecule has 0 fully saturated rings. The fraction of sp³-hybridized carbons (Fsp3) is 0.417. The number of hydrogen-bond donors (Lipinski definition) is 0. The minimum Gasteiger partial charge on any atom is -0.295 e. The lowest BCUT2D eigenvalue weighted by Gasteiger charge is -2.00. The molecule has 0 N–H and O–H groups in total. The lowest BCUT2D eigenvalue weighted by Crippen LogP contribution is -1.89. The van der Waals surface area contributed by atoms with Gasteiger partial charge in [-0.3, -0.25) is 4.79 Å². The van der Waals surface area contributed by atoms with Crippen molar-refractivity contribution in [2.75, 3.05) is 0 Å². The van der Waals surface area contributed by atoms with Gasteiger partial charge in [-0.05, 0) is 54.8 Å². The Labute approximate surface area is 88.5 Å². The molecule has 0 radical (unpaired) electrons.